The Balaban J connectivity index is 2.33. The van der Waals surface area contributed by atoms with Crippen LogP contribution in [0.5, 0.6) is 0 Å². The van der Waals surface area contributed by atoms with E-state index in [4.69, 9.17) is 23.7 Å². The SMILES string of the molecule is CCCCCC(=O)C1COCCOCCOCCOCCO1. The first-order valence-corrected chi connectivity index (χ1v) is 8.30. The summed E-state index contributed by atoms with van der Waals surface area (Å²) in [4.78, 5) is 12.2. The lowest BCUT2D eigenvalue weighted by Crippen LogP contribution is -2.31. The number of ether oxygens (including phenoxy) is 5. The number of rotatable bonds is 5. The van der Waals surface area contributed by atoms with Crippen LogP contribution in [0.3, 0.4) is 0 Å². The lowest BCUT2D eigenvalue weighted by molar-refractivity contribution is -0.136. The molecule has 0 saturated carbocycles. The number of ketones is 1. The maximum Gasteiger partial charge on any atom is 0.163 e. The highest BCUT2D eigenvalue weighted by atomic mass is 16.6. The van der Waals surface area contributed by atoms with Crippen LogP contribution in [0.25, 0.3) is 0 Å². The average Bonchev–Trinajstić information content (AvgIpc) is 2.53. The lowest BCUT2D eigenvalue weighted by Gasteiger charge is -2.17. The van der Waals surface area contributed by atoms with E-state index in [0.29, 0.717) is 59.3 Å². The Morgan fingerprint density at radius 1 is 0.818 bits per heavy atom. The highest BCUT2D eigenvalue weighted by molar-refractivity contribution is 5.83. The minimum absolute atomic E-state index is 0.113. The molecule has 1 unspecified atom stereocenters. The van der Waals surface area contributed by atoms with Gasteiger partial charge in [-0.05, 0) is 6.42 Å². The van der Waals surface area contributed by atoms with E-state index in [1.165, 1.54) is 0 Å². The van der Waals surface area contributed by atoms with Crippen LogP contribution in [-0.4, -0.2) is 71.3 Å². The van der Waals surface area contributed by atoms with E-state index in [0.717, 1.165) is 19.3 Å². The summed E-state index contributed by atoms with van der Waals surface area (Å²) in [5.74, 6) is 0.113. The fraction of sp³-hybridized carbons (Fsp3) is 0.938. The summed E-state index contributed by atoms with van der Waals surface area (Å²) in [6.45, 7) is 6.36. The predicted octanol–water partition coefficient (Wildman–Crippen LogP) is 1.60. The molecule has 1 aliphatic heterocycles. The molecule has 0 N–H and O–H groups in total. The summed E-state index contributed by atoms with van der Waals surface area (Å²) in [5, 5.41) is 0. The molecule has 1 atom stereocenters. The van der Waals surface area contributed by atoms with Crippen molar-refractivity contribution in [3.63, 3.8) is 0 Å². The third-order valence-corrected chi connectivity index (χ3v) is 3.32. The van der Waals surface area contributed by atoms with E-state index in [9.17, 15) is 4.79 Å². The molecule has 6 heteroatoms. The summed E-state index contributed by atoms with van der Waals surface area (Å²) in [6, 6.07) is 0. The molecule has 0 spiro atoms. The van der Waals surface area contributed by atoms with Crippen molar-refractivity contribution >= 4 is 5.78 Å². The molecule has 0 aromatic carbocycles. The second-order valence-corrected chi connectivity index (χ2v) is 5.19. The fourth-order valence-corrected chi connectivity index (χ4v) is 2.04. The third-order valence-electron chi connectivity index (χ3n) is 3.32. The minimum Gasteiger partial charge on any atom is -0.377 e. The molecule has 0 amide bonds. The van der Waals surface area contributed by atoms with Gasteiger partial charge >= 0.3 is 0 Å². The van der Waals surface area contributed by atoms with Crippen molar-refractivity contribution in [3.05, 3.63) is 0 Å². The van der Waals surface area contributed by atoms with Crippen LogP contribution in [0.1, 0.15) is 32.6 Å². The van der Waals surface area contributed by atoms with Gasteiger partial charge in [0.1, 0.15) is 6.10 Å². The van der Waals surface area contributed by atoms with Crippen molar-refractivity contribution in [1.29, 1.82) is 0 Å². The van der Waals surface area contributed by atoms with Gasteiger partial charge in [0.05, 0.1) is 59.5 Å². The van der Waals surface area contributed by atoms with Gasteiger partial charge in [-0.3, -0.25) is 4.79 Å². The van der Waals surface area contributed by atoms with Crippen LogP contribution in [0.2, 0.25) is 0 Å². The van der Waals surface area contributed by atoms with Gasteiger partial charge in [-0.2, -0.15) is 0 Å². The molecule has 1 fully saturated rings. The molecule has 6 nitrogen and oxygen atoms in total. The Hall–Kier alpha value is -0.530. The van der Waals surface area contributed by atoms with Crippen molar-refractivity contribution in [1.82, 2.24) is 0 Å². The molecular weight excluding hydrogens is 288 g/mol. The van der Waals surface area contributed by atoms with Crippen molar-refractivity contribution in [2.75, 3.05) is 59.5 Å². The zero-order valence-corrected chi connectivity index (χ0v) is 13.7. The molecule has 0 bridgehead atoms. The summed E-state index contributed by atoms with van der Waals surface area (Å²) >= 11 is 0. The molecule has 0 aliphatic carbocycles. The second kappa shape index (κ2) is 14.1. The molecule has 1 aliphatic rings. The van der Waals surface area contributed by atoms with Crippen molar-refractivity contribution in [2.45, 2.75) is 38.7 Å². The van der Waals surface area contributed by atoms with Gasteiger partial charge in [-0.15, -0.1) is 0 Å². The maximum absolute atomic E-state index is 12.2. The molecule has 0 radical (unpaired) electrons. The number of Topliss-reactive ketones (excluding diaryl/α,β-unsaturated/α-hetero) is 1. The van der Waals surface area contributed by atoms with Crippen LogP contribution in [0, 0.1) is 0 Å². The van der Waals surface area contributed by atoms with Crippen LogP contribution >= 0.6 is 0 Å². The lowest BCUT2D eigenvalue weighted by atomic mass is 10.1. The molecule has 22 heavy (non-hydrogen) atoms. The van der Waals surface area contributed by atoms with Gasteiger partial charge < -0.3 is 23.7 Å². The molecule has 0 aromatic heterocycles. The second-order valence-electron chi connectivity index (χ2n) is 5.19. The topological polar surface area (TPSA) is 63.2 Å². The third kappa shape index (κ3) is 10.2. The highest BCUT2D eigenvalue weighted by Gasteiger charge is 2.19. The van der Waals surface area contributed by atoms with Crippen LogP contribution in [-0.2, 0) is 28.5 Å². The number of unbranched alkanes of at least 4 members (excludes halogenated alkanes) is 2. The predicted molar refractivity (Wildman–Crippen MR) is 82.2 cm³/mol. The van der Waals surface area contributed by atoms with Gasteiger partial charge in [0.25, 0.3) is 0 Å². The van der Waals surface area contributed by atoms with E-state index in [1.807, 2.05) is 0 Å². The highest BCUT2D eigenvalue weighted by Crippen LogP contribution is 2.06. The Morgan fingerprint density at radius 3 is 1.95 bits per heavy atom. The van der Waals surface area contributed by atoms with Crippen LogP contribution in [0.4, 0.5) is 0 Å². The zero-order valence-electron chi connectivity index (χ0n) is 13.7. The number of carbonyl (C=O) groups excluding carboxylic acids is 1. The Kier molecular flexibility index (Phi) is 12.5. The van der Waals surface area contributed by atoms with Crippen molar-refractivity contribution < 1.29 is 28.5 Å². The molecule has 1 saturated heterocycles. The first-order chi connectivity index (χ1) is 10.8. The minimum atomic E-state index is -0.498. The Morgan fingerprint density at radius 2 is 1.36 bits per heavy atom. The molecule has 130 valence electrons. The van der Waals surface area contributed by atoms with Gasteiger partial charge in [0, 0.05) is 6.42 Å². The Bertz CT molecular complexity index is 255. The van der Waals surface area contributed by atoms with Gasteiger partial charge in [0.15, 0.2) is 5.78 Å². The first kappa shape index (κ1) is 19.5. The van der Waals surface area contributed by atoms with Gasteiger partial charge in [-0.25, -0.2) is 0 Å². The first-order valence-electron chi connectivity index (χ1n) is 8.30. The quantitative estimate of drug-likeness (QED) is 0.718. The molecule has 1 rings (SSSR count). The van der Waals surface area contributed by atoms with Crippen LogP contribution < -0.4 is 0 Å². The zero-order chi connectivity index (χ0) is 15.9. The van der Waals surface area contributed by atoms with Crippen molar-refractivity contribution in [3.8, 4) is 0 Å². The molecular formula is C16H30O6. The summed E-state index contributed by atoms with van der Waals surface area (Å²) < 4.78 is 27.2. The summed E-state index contributed by atoms with van der Waals surface area (Å²) in [6.07, 6.45) is 3.12. The summed E-state index contributed by atoms with van der Waals surface area (Å²) in [5.41, 5.74) is 0. The number of hydrogen-bond acceptors (Lipinski definition) is 6. The Labute approximate surface area is 133 Å². The monoisotopic (exact) mass is 318 g/mol. The maximum atomic E-state index is 12.2. The molecule has 1 heterocycles. The largest absolute Gasteiger partial charge is 0.377 e. The van der Waals surface area contributed by atoms with Gasteiger partial charge in [0.2, 0.25) is 0 Å². The van der Waals surface area contributed by atoms with E-state index in [1.54, 1.807) is 0 Å². The van der Waals surface area contributed by atoms with E-state index < -0.39 is 6.10 Å². The standard InChI is InChI=1S/C16H30O6/c1-2-3-4-5-15(17)16-14-21-11-10-19-7-6-18-8-9-20-12-13-22-16/h16H,2-14H2,1H3. The average molecular weight is 318 g/mol. The number of hydrogen-bond donors (Lipinski definition) is 0. The normalized spacial score (nSPS) is 23.4. The summed E-state index contributed by atoms with van der Waals surface area (Å²) in [7, 11) is 0. The van der Waals surface area contributed by atoms with Gasteiger partial charge in [-0.1, -0.05) is 19.8 Å². The molecule has 0 aromatic rings. The van der Waals surface area contributed by atoms with Crippen LogP contribution in [0.15, 0.2) is 0 Å². The fourth-order valence-electron chi connectivity index (χ4n) is 2.04. The number of carbonyl (C=O) groups is 1. The van der Waals surface area contributed by atoms with Crippen molar-refractivity contribution in [2.24, 2.45) is 0 Å². The van der Waals surface area contributed by atoms with E-state index in [-0.39, 0.29) is 12.4 Å². The van der Waals surface area contributed by atoms with E-state index in [2.05, 4.69) is 6.92 Å². The smallest absolute Gasteiger partial charge is 0.163 e. The van der Waals surface area contributed by atoms with E-state index >= 15 is 0 Å².